The minimum atomic E-state index is -0.392. The molecule has 0 heterocycles. The highest BCUT2D eigenvalue weighted by Gasteiger charge is 2.13. The van der Waals surface area contributed by atoms with Crippen LogP contribution < -0.4 is 5.32 Å². The standard InChI is InChI=1S/C11H16N2O3/c1-2-10(8-14)12-7-9-5-3-4-6-11(9)13(15)16/h3-6,10,12,14H,2,7-8H2,1H3. The van der Waals surface area contributed by atoms with E-state index >= 15 is 0 Å². The van der Waals surface area contributed by atoms with Crippen molar-refractivity contribution in [3.8, 4) is 0 Å². The predicted molar refractivity (Wildman–Crippen MR) is 61.1 cm³/mol. The van der Waals surface area contributed by atoms with Gasteiger partial charge in [-0.05, 0) is 6.42 Å². The average Bonchev–Trinajstić information content (AvgIpc) is 2.30. The first-order valence-electron chi connectivity index (χ1n) is 5.25. The quantitative estimate of drug-likeness (QED) is 0.566. The zero-order valence-corrected chi connectivity index (χ0v) is 9.22. The summed E-state index contributed by atoms with van der Waals surface area (Å²) in [6.45, 7) is 2.39. The molecule has 0 spiro atoms. The molecule has 0 radical (unpaired) electrons. The van der Waals surface area contributed by atoms with Gasteiger partial charge in [-0.2, -0.15) is 0 Å². The van der Waals surface area contributed by atoms with Crippen molar-refractivity contribution in [3.05, 3.63) is 39.9 Å². The highest BCUT2D eigenvalue weighted by atomic mass is 16.6. The van der Waals surface area contributed by atoms with Crippen molar-refractivity contribution >= 4 is 5.69 Å². The summed E-state index contributed by atoms with van der Waals surface area (Å²) in [5.41, 5.74) is 0.752. The van der Waals surface area contributed by atoms with Crippen molar-refractivity contribution in [1.29, 1.82) is 0 Å². The molecule has 16 heavy (non-hydrogen) atoms. The number of para-hydroxylation sites is 1. The minimum Gasteiger partial charge on any atom is -0.395 e. The van der Waals surface area contributed by atoms with E-state index in [1.807, 2.05) is 6.92 Å². The Hall–Kier alpha value is -1.46. The number of hydrogen-bond acceptors (Lipinski definition) is 4. The number of aliphatic hydroxyl groups is 1. The SMILES string of the molecule is CCC(CO)NCc1ccccc1[N+](=O)[O-]. The van der Waals surface area contributed by atoms with Crippen LogP contribution in [0, 0.1) is 10.1 Å². The number of nitro benzene ring substituents is 1. The van der Waals surface area contributed by atoms with Crippen molar-refractivity contribution in [2.24, 2.45) is 0 Å². The highest BCUT2D eigenvalue weighted by molar-refractivity contribution is 5.39. The third kappa shape index (κ3) is 3.29. The predicted octanol–water partition coefficient (Wildman–Crippen LogP) is 1.46. The molecule has 5 heteroatoms. The Labute approximate surface area is 94.3 Å². The normalized spacial score (nSPS) is 12.4. The molecule has 1 aromatic carbocycles. The fourth-order valence-corrected chi connectivity index (χ4v) is 1.43. The van der Waals surface area contributed by atoms with E-state index in [1.165, 1.54) is 6.07 Å². The fourth-order valence-electron chi connectivity index (χ4n) is 1.43. The molecule has 0 aliphatic carbocycles. The van der Waals surface area contributed by atoms with E-state index in [0.29, 0.717) is 12.1 Å². The molecule has 1 unspecified atom stereocenters. The van der Waals surface area contributed by atoms with E-state index in [0.717, 1.165) is 6.42 Å². The van der Waals surface area contributed by atoms with Gasteiger partial charge in [0.25, 0.3) is 5.69 Å². The molecule has 5 nitrogen and oxygen atoms in total. The number of benzene rings is 1. The van der Waals surface area contributed by atoms with Gasteiger partial charge in [-0.1, -0.05) is 25.1 Å². The molecule has 0 aromatic heterocycles. The van der Waals surface area contributed by atoms with Crippen molar-refractivity contribution < 1.29 is 10.0 Å². The van der Waals surface area contributed by atoms with E-state index in [1.54, 1.807) is 18.2 Å². The molecule has 0 bridgehead atoms. The third-order valence-corrected chi connectivity index (χ3v) is 2.48. The van der Waals surface area contributed by atoms with Gasteiger partial charge >= 0.3 is 0 Å². The van der Waals surface area contributed by atoms with Gasteiger partial charge in [-0.15, -0.1) is 0 Å². The van der Waals surface area contributed by atoms with Crippen LogP contribution in [-0.2, 0) is 6.54 Å². The molecule has 1 atom stereocenters. The van der Waals surface area contributed by atoms with Gasteiger partial charge in [-0.25, -0.2) is 0 Å². The highest BCUT2D eigenvalue weighted by Crippen LogP contribution is 2.17. The summed E-state index contributed by atoms with van der Waals surface area (Å²) >= 11 is 0. The van der Waals surface area contributed by atoms with Crippen LogP contribution in [0.4, 0.5) is 5.69 Å². The van der Waals surface area contributed by atoms with Crippen molar-refractivity contribution in [3.63, 3.8) is 0 Å². The molecule has 1 rings (SSSR count). The van der Waals surface area contributed by atoms with Gasteiger partial charge in [-0.3, -0.25) is 10.1 Å². The van der Waals surface area contributed by atoms with Crippen molar-refractivity contribution in [2.75, 3.05) is 6.61 Å². The Kier molecular flexibility index (Phi) is 4.88. The second kappa shape index (κ2) is 6.19. The van der Waals surface area contributed by atoms with Gasteiger partial charge in [0.15, 0.2) is 0 Å². The lowest BCUT2D eigenvalue weighted by atomic mass is 10.1. The monoisotopic (exact) mass is 224 g/mol. The van der Waals surface area contributed by atoms with Crippen LogP contribution in [0.1, 0.15) is 18.9 Å². The Balaban J connectivity index is 2.69. The Morgan fingerprint density at radius 2 is 2.19 bits per heavy atom. The number of nitro groups is 1. The van der Waals surface area contributed by atoms with E-state index in [4.69, 9.17) is 5.11 Å². The summed E-state index contributed by atoms with van der Waals surface area (Å²) in [5.74, 6) is 0. The first-order chi connectivity index (χ1) is 7.69. The molecule has 1 aromatic rings. The molecule has 0 aliphatic heterocycles. The van der Waals surface area contributed by atoms with Crippen LogP contribution in [0.2, 0.25) is 0 Å². The summed E-state index contributed by atoms with van der Waals surface area (Å²) in [5, 5.41) is 22.8. The van der Waals surface area contributed by atoms with Crippen LogP contribution in [0.15, 0.2) is 24.3 Å². The zero-order valence-electron chi connectivity index (χ0n) is 9.22. The molecular formula is C11H16N2O3. The van der Waals surface area contributed by atoms with Crippen LogP contribution in [0.3, 0.4) is 0 Å². The molecule has 0 saturated carbocycles. The van der Waals surface area contributed by atoms with Crippen LogP contribution >= 0.6 is 0 Å². The number of nitrogens with zero attached hydrogens (tertiary/aromatic N) is 1. The summed E-state index contributed by atoms with van der Waals surface area (Å²) in [4.78, 5) is 10.3. The number of aliphatic hydroxyl groups excluding tert-OH is 1. The summed E-state index contributed by atoms with van der Waals surface area (Å²) in [6.07, 6.45) is 0.789. The van der Waals surface area contributed by atoms with Gasteiger partial charge < -0.3 is 10.4 Å². The van der Waals surface area contributed by atoms with Crippen molar-refractivity contribution in [1.82, 2.24) is 5.32 Å². The number of hydrogen-bond donors (Lipinski definition) is 2. The van der Waals surface area contributed by atoms with Gasteiger partial charge in [0.1, 0.15) is 0 Å². The van der Waals surface area contributed by atoms with Gasteiger partial charge in [0.2, 0.25) is 0 Å². The minimum absolute atomic E-state index is 0.0141. The Bertz CT molecular complexity index is 351. The van der Waals surface area contributed by atoms with Crippen molar-refractivity contribution in [2.45, 2.75) is 25.9 Å². The molecular weight excluding hydrogens is 208 g/mol. The van der Waals surface area contributed by atoms with E-state index in [9.17, 15) is 10.1 Å². The largest absolute Gasteiger partial charge is 0.395 e. The number of nitrogens with one attached hydrogen (secondary N) is 1. The maximum Gasteiger partial charge on any atom is 0.273 e. The van der Waals surface area contributed by atoms with Gasteiger partial charge in [0, 0.05) is 24.2 Å². The molecule has 0 saturated heterocycles. The van der Waals surface area contributed by atoms with Crippen LogP contribution in [-0.4, -0.2) is 22.7 Å². The first kappa shape index (κ1) is 12.6. The second-order valence-corrected chi connectivity index (χ2v) is 3.55. The molecule has 0 aliphatic rings. The molecule has 88 valence electrons. The number of rotatable bonds is 6. The summed E-state index contributed by atoms with van der Waals surface area (Å²) in [6, 6.07) is 6.60. The molecule has 0 fully saturated rings. The molecule has 0 amide bonds. The first-order valence-corrected chi connectivity index (χ1v) is 5.25. The maximum atomic E-state index is 10.7. The van der Waals surface area contributed by atoms with E-state index in [2.05, 4.69) is 5.32 Å². The van der Waals surface area contributed by atoms with E-state index < -0.39 is 4.92 Å². The summed E-state index contributed by atoms with van der Waals surface area (Å²) < 4.78 is 0. The molecule has 2 N–H and O–H groups in total. The van der Waals surface area contributed by atoms with Gasteiger partial charge in [0.05, 0.1) is 11.5 Å². The average molecular weight is 224 g/mol. The summed E-state index contributed by atoms with van der Waals surface area (Å²) in [7, 11) is 0. The Morgan fingerprint density at radius 3 is 2.75 bits per heavy atom. The lowest BCUT2D eigenvalue weighted by Gasteiger charge is -2.13. The third-order valence-electron chi connectivity index (χ3n) is 2.48. The lowest BCUT2D eigenvalue weighted by Crippen LogP contribution is -2.31. The second-order valence-electron chi connectivity index (χ2n) is 3.55. The van der Waals surface area contributed by atoms with Crippen LogP contribution in [0.25, 0.3) is 0 Å². The Morgan fingerprint density at radius 1 is 1.50 bits per heavy atom. The maximum absolute atomic E-state index is 10.7. The van der Waals surface area contributed by atoms with E-state index in [-0.39, 0.29) is 18.3 Å². The fraction of sp³-hybridized carbons (Fsp3) is 0.455. The lowest BCUT2D eigenvalue weighted by molar-refractivity contribution is -0.385. The smallest absolute Gasteiger partial charge is 0.273 e. The topological polar surface area (TPSA) is 75.4 Å². The van der Waals surface area contributed by atoms with Crippen LogP contribution in [0.5, 0.6) is 0 Å². The zero-order chi connectivity index (χ0) is 12.0.